The summed E-state index contributed by atoms with van der Waals surface area (Å²) >= 11 is 0. The van der Waals surface area contributed by atoms with Gasteiger partial charge in [-0.05, 0) is 55.2 Å². The molecule has 5 unspecified atom stereocenters. The van der Waals surface area contributed by atoms with Crippen LogP contribution in [0.4, 0.5) is 9.59 Å². The summed E-state index contributed by atoms with van der Waals surface area (Å²) in [5.41, 5.74) is 4.69. The largest absolute Gasteiger partial charge is 0.469 e. The maximum Gasteiger partial charge on any atom is 0.407 e. The Labute approximate surface area is 331 Å². The van der Waals surface area contributed by atoms with Crippen LogP contribution in [0.5, 0.6) is 0 Å². The number of hydrogen-bond donors (Lipinski definition) is 4. The fourth-order valence-corrected chi connectivity index (χ4v) is 6.71. The molecule has 1 saturated heterocycles. The van der Waals surface area contributed by atoms with Crippen molar-refractivity contribution in [3.8, 4) is 0 Å². The molecule has 1 aliphatic heterocycles. The van der Waals surface area contributed by atoms with Gasteiger partial charge in [-0.25, -0.2) is 14.6 Å². The number of urea groups is 1. The van der Waals surface area contributed by atoms with Gasteiger partial charge in [0.05, 0.1) is 38.6 Å². The van der Waals surface area contributed by atoms with E-state index >= 15 is 0 Å². The van der Waals surface area contributed by atoms with E-state index in [0.29, 0.717) is 51.9 Å². The summed E-state index contributed by atoms with van der Waals surface area (Å²) in [5.74, 6) is -1.39. The molecule has 3 rings (SSSR count). The number of hydrogen-bond acceptors (Lipinski definition) is 10. The van der Waals surface area contributed by atoms with Gasteiger partial charge in [-0.1, -0.05) is 83.9 Å². The first-order valence-corrected chi connectivity index (χ1v) is 19.5. The van der Waals surface area contributed by atoms with E-state index in [1.54, 1.807) is 14.8 Å². The molecule has 1 aromatic carbocycles. The highest BCUT2D eigenvalue weighted by Crippen LogP contribution is 2.23. The monoisotopic (exact) mass is 781 g/mol. The Balaban J connectivity index is 1.87. The molecule has 1 aliphatic rings. The topological polar surface area (TPSA) is 183 Å². The van der Waals surface area contributed by atoms with E-state index < -0.39 is 41.6 Å². The molecule has 4 N–H and O–H groups in total. The van der Waals surface area contributed by atoms with Crippen LogP contribution < -0.4 is 16.1 Å². The molecule has 56 heavy (non-hydrogen) atoms. The number of aromatic nitrogens is 1. The summed E-state index contributed by atoms with van der Waals surface area (Å²) in [7, 11) is 2.56. The van der Waals surface area contributed by atoms with Crippen LogP contribution in [0, 0.1) is 18.3 Å². The second-order valence-electron chi connectivity index (χ2n) is 15.6. The van der Waals surface area contributed by atoms with E-state index in [4.69, 9.17) is 9.47 Å². The smallest absolute Gasteiger partial charge is 0.407 e. The summed E-state index contributed by atoms with van der Waals surface area (Å²) in [6.07, 6.45) is 0.989. The van der Waals surface area contributed by atoms with Gasteiger partial charge in [0.2, 0.25) is 5.91 Å². The Kier molecular flexibility index (Phi) is 18.0. The van der Waals surface area contributed by atoms with E-state index in [1.165, 1.54) is 14.2 Å². The Morgan fingerprint density at radius 3 is 2.29 bits per heavy atom. The number of aliphatic hydroxyl groups is 1. The minimum absolute atomic E-state index is 0.0798. The maximum absolute atomic E-state index is 14.4. The lowest BCUT2D eigenvalue weighted by Gasteiger charge is -2.36. The summed E-state index contributed by atoms with van der Waals surface area (Å²) in [6, 6.07) is 12.3. The molecule has 2 heterocycles. The molecule has 0 spiro atoms. The molecule has 5 amide bonds. The zero-order chi connectivity index (χ0) is 41.4. The normalized spacial score (nSPS) is 15.8. The van der Waals surface area contributed by atoms with Gasteiger partial charge in [0, 0.05) is 38.3 Å². The second-order valence-corrected chi connectivity index (χ2v) is 15.6. The first kappa shape index (κ1) is 45.6. The van der Waals surface area contributed by atoms with Crippen molar-refractivity contribution >= 4 is 29.9 Å². The number of pyridine rings is 1. The average molecular weight is 782 g/mol. The number of aliphatic hydroxyl groups excluding tert-OH is 1. The lowest BCUT2D eigenvalue weighted by Crippen LogP contribution is -2.60. The molecule has 0 aliphatic carbocycles. The van der Waals surface area contributed by atoms with Crippen LogP contribution in [-0.2, 0) is 36.8 Å². The minimum atomic E-state index is -1.19. The average Bonchev–Trinajstić information content (AvgIpc) is 3.50. The second kappa shape index (κ2) is 22.1. The third-order valence-corrected chi connectivity index (χ3v) is 10.1. The summed E-state index contributed by atoms with van der Waals surface area (Å²) in [5, 5.41) is 19.3. The van der Waals surface area contributed by atoms with Crippen LogP contribution in [0.15, 0.2) is 48.5 Å². The highest BCUT2D eigenvalue weighted by atomic mass is 16.5. The van der Waals surface area contributed by atoms with Crippen molar-refractivity contribution in [3.63, 3.8) is 0 Å². The maximum atomic E-state index is 14.4. The Morgan fingerprint density at radius 2 is 1.66 bits per heavy atom. The number of ether oxygens (including phenoxy) is 2. The number of nitrogens with one attached hydrogen (secondary N) is 3. The number of esters is 1. The molecule has 0 saturated carbocycles. The number of nitrogens with zero attached hydrogens (tertiary/aromatic N) is 4. The first-order valence-electron chi connectivity index (χ1n) is 19.5. The number of benzene rings is 1. The summed E-state index contributed by atoms with van der Waals surface area (Å²) < 4.78 is 9.53. The SMILES string of the molecule is CCC(C)C(C(=O)NC(Cc1ccccc1)C(O)CN(CCCCCC(=O)OC)NC(=O)C(NC(=O)OC)C(C)(C)C)N1CCN(Cc2cccc(C)n2)C1=O. The molecular formula is C41H63N7O8. The molecule has 0 bridgehead atoms. The number of hydrazine groups is 1. The van der Waals surface area contributed by atoms with Gasteiger partial charge in [0.1, 0.15) is 12.1 Å². The fraction of sp³-hybridized carbons (Fsp3) is 0.610. The van der Waals surface area contributed by atoms with Gasteiger partial charge >= 0.3 is 18.1 Å². The standard InChI is InChI=1S/C41H63N7O8/c1-9-28(2)35(48-24-23-46(40(48)54)26-31-20-16-17-29(3)42-31)37(51)43-32(25-30-18-12-10-13-19-30)33(49)27-47(22-15-11-14-21-34(50)55-7)45-38(52)36(41(4,5)6)44-39(53)56-8/h10,12-13,16-20,28,32-33,35-36,49H,9,11,14-15,21-27H2,1-8H3,(H,43,51)(H,44,53)(H,45,52). The molecule has 15 nitrogen and oxygen atoms in total. The molecule has 1 fully saturated rings. The minimum Gasteiger partial charge on any atom is -0.469 e. The molecule has 2 aromatic rings. The van der Waals surface area contributed by atoms with E-state index in [-0.39, 0.29) is 43.2 Å². The van der Waals surface area contributed by atoms with Crippen molar-refractivity contribution in [2.75, 3.05) is 40.4 Å². The zero-order valence-corrected chi connectivity index (χ0v) is 34.4. The Bertz CT molecular complexity index is 1590. The van der Waals surface area contributed by atoms with Crippen molar-refractivity contribution in [1.29, 1.82) is 0 Å². The predicted molar refractivity (Wildman–Crippen MR) is 212 cm³/mol. The van der Waals surface area contributed by atoms with Crippen LogP contribution in [0.25, 0.3) is 0 Å². The number of aryl methyl sites for hydroxylation is 1. The lowest BCUT2D eigenvalue weighted by atomic mass is 9.86. The van der Waals surface area contributed by atoms with E-state index in [2.05, 4.69) is 21.0 Å². The third kappa shape index (κ3) is 14.1. The quantitative estimate of drug-likeness (QED) is 0.0822. The molecule has 15 heteroatoms. The van der Waals surface area contributed by atoms with Gasteiger partial charge in [-0.2, -0.15) is 0 Å². The number of amides is 5. The molecule has 1 aromatic heterocycles. The fourth-order valence-electron chi connectivity index (χ4n) is 6.71. The number of carbonyl (C=O) groups is 5. The summed E-state index contributed by atoms with van der Waals surface area (Å²) in [6.45, 7) is 12.6. The van der Waals surface area contributed by atoms with Gasteiger partial charge in [0.25, 0.3) is 5.91 Å². The van der Waals surface area contributed by atoms with E-state index in [9.17, 15) is 29.1 Å². The molecule has 0 radical (unpaired) electrons. The van der Waals surface area contributed by atoms with Gasteiger partial charge in [-0.3, -0.25) is 24.8 Å². The third-order valence-electron chi connectivity index (χ3n) is 10.1. The number of rotatable bonds is 21. The van der Waals surface area contributed by atoms with Gasteiger partial charge in [-0.15, -0.1) is 0 Å². The van der Waals surface area contributed by atoms with Gasteiger partial charge in [0.15, 0.2) is 0 Å². The van der Waals surface area contributed by atoms with Crippen LogP contribution >= 0.6 is 0 Å². The number of carbonyl (C=O) groups excluding carboxylic acids is 5. The van der Waals surface area contributed by atoms with Crippen LogP contribution in [-0.4, -0.2) is 119 Å². The van der Waals surface area contributed by atoms with Crippen molar-refractivity contribution in [3.05, 3.63) is 65.5 Å². The predicted octanol–water partition coefficient (Wildman–Crippen LogP) is 3.97. The lowest BCUT2D eigenvalue weighted by molar-refractivity contribution is -0.140. The summed E-state index contributed by atoms with van der Waals surface area (Å²) in [4.78, 5) is 73.7. The first-order chi connectivity index (χ1) is 26.6. The van der Waals surface area contributed by atoms with Crippen LogP contribution in [0.3, 0.4) is 0 Å². The Hall–Kier alpha value is -4.76. The van der Waals surface area contributed by atoms with Gasteiger partial charge < -0.3 is 35.0 Å². The van der Waals surface area contributed by atoms with Crippen LogP contribution in [0.1, 0.15) is 83.7 Å². The number of unbranched alkanes of at least 4 members (excludes halogenated alkanes) is 2. The van der Waals surface area contributed by atoms with E-state index in [0.717, 1.165) is 17.0 Å². The number of methoxy groups -OCH3 is 2. The molecular weight excluding hydrogens is 718 g/mol. The molecule has 310 valence electrons. The van der Waals surface area contributed by atoms with Crippen molar-refractivity contribution < 1.29 is 38.6 Å². The molecule has 5 atom stereocenters. The van der Waals surface area contributed by atoms with Crippen molar-refractivity contribution in [2.45, 2.75) is 111 Å². The van der Waals surface area contributed by atoms with E-state index in [1.807, 2.05) is 90.1 Å². The zero-order valence-electron chi connectivity index (χ0n) is 34.4. The van der Waals surface area contributed by atoms with Crippen molar-refractivity contribution in [2.24, 2.45) is 11.3 Å². The number of alkyl carbamates (subject to hydrolysis) is 1. The van der Waals surface area contributed by atoms with Crippen molar-refractivity contribution in [1.82, 2.24) is 35.9 Å². The highest BCUT2D eigenvalue weighted by molar-refractivity contribution is 5.88. The Morgan fingerprint density at radius 1 is 0.946 bits per heavy atom. The van der Waals surface area contributed by atoms with Crippen LogP contribution in [0.2, 0.25) is 0 Å². The highest BCUT2D eigenvalue weighted by Gasteiger charge is 2.41.